The van der Waals surface area contributed by atoms with E-state index in [0.29, 0.717) is 50.8 Å². The lowest BCUT2D eigenvalue weighted by molar-refractivity contribution is -0.384. The van der Waals surface area contributed by atoms with Gasteiger partial charge in [0.05, 0.1) is 21.6 Å². The lowest BCUT2D eigenvalue weighted by Crippen LogP contribution is -2.54. The van der Waals surface area contributed by atoms with Crippen molar-refractivity contribution in [2.24, 2.45) is 11.8 Å². The molecule has 3 aromatic carbocycles. The molecule has 0 radical (unpaired) electrons. The first-order valence-corrected chi connectivity index (χ1v) is 22.7. The number of amides is 1. The molecule has 2 saturated heterocycles. The number of sulfone groups is 1. The van der Waals surface area contributed by atoms with Crippen LogP contribution < -0.4 is 15.0 Å². The first kappa shape index (κ1) is 40.6. The number of hydrogen-bond donors (Lipinski definition) is 2. The molecule has 3 fully saturated rings. The highest BCUT2D eigenvalue weighted by atomic mass is 32.2. The third kappa shape index (κ3) is 9.11. The maximum atomic E-state index is 14.0. The van der Waals surface area contributed by atoms with Gasteiger partial charge in [0.25, 0.3) is 5.69 Å². The summed E-state index contributed by atoms with van der Waals surface area (Å²) in [5.74, 6) is -0.398. The van der Waals surface area contributed by atoms with E-state index in [-0.39, 0.29) is 51.4 Å². The van der Waals surface area contributed by atoms with Crippen molar-refractivity contribution in [3.05, 3.63) is 112 Å². The van der Waals surface area contributed by atoms with Crippen molar-refractivity contribution in [3.8, 4) is 11.5 Å². The summed E-state index contributed by atoms with van der Waals surface area (Å²) < 4.78 is 39.3. The highest BCUT2D eigenvalue weighted by Gasteiger charge is 2.39. The van der Waals surface area contributed by atoms with Gasteiger partial charge in [0.1, 0.15) is 28.6 Å². The Morgan fingerprint density at radius 1 is 0.951 bits per heavy atom. The number of benzene rings is 3. The topological polar surface area (TPSA) is 180 Å². The van der Waals surface area contributed by atoms with Crippen molar-refractivity contribution in [2.45, 2.75) is 49.6 Å². The summed E-state index contributed by atoms with van der Waals surface area (Å²) in [5.41, 5.74) is 3.90. The van der Waals surface area contributed by atoms with E-state index >= 15 is 0 Å². The van der Waals surface area contributed by atoms with Crippen LogP contribution in [0.4, 0.5) is 17.1 Å². The second kappa shape index (κ2) is 17.3. The number of H-pyrrole nitrogens is 1. The minimum Gasteiger partial charge on any atom is -0.455 e. The third-order valence-electron chi connectivity index (χ3n) is 12.4. The minimum atomic E-state index is -4.31. The van der Waals surface area contributed by atoms with Crippen molar-refractivity contribution < 1.29 is 32.4 Å². The number of fused-ring (bicyclic) bond motifs is 2. The summed E-state index contributed by atoms with van der Waals surface area (Å²) in [6, 6.07) is 21.0. The van der Waals surface area contributed by atoms with Crippen LogP contribution in [-0.4, -0.2) is 109 Å². The van der Waals surface area contributed by atoms with Gasteiger partial charge < -0.3 is 29.6 Å². The monoisotopic (exact) mass is 847 g/mol. The van der Waals surface area contributed by atoms with E-state index in [4.69, 9.17) is 9.47 Å². The average molecular weight is 848 g/mol. The zero-order chi connectivity index (χ0) is 42.1. The zero-order valence-electron chi connectivity index (χ0n) is 33.8. The van der Waals surface area contributed by atoms with E-state index in [1.165, 1.54) is 29.5 Å². The largest absolute Gasteiger partial charge is 0.455 e. The van der Waals surface area contributed by atoms with Crippen LogP contribution in [0.2, 0.25) is 0 Å². The number of ketones is 1. The second-order valence-electron chi connectivity index (χ2n) is 16.6. The lowest BCUT2D eigenvalue weighted by atomic mass is 9.93. The average Bonchev–Trinajstić information content (AvgIpc) is 4.02. The van der Waals surface area contributed by atoms with Crippen LogP contribution in [0.3, 0.4) is 0 Å². The molecule has 16 heteroatoms. The number of nitro groups is 1. The Morgan fingerprint density at radius 3 is 2.51 bits per heavy atom. The molecule has 1 aliphatic carbocycles. The number of Topliss-reactive ketones (excluding diaryl/α,β-unsaturated/α-hetero) is 1. The number of ether oxygens (including phenoxy) is 2. The predicted molar refractivity (Wildman–Crippen MR) is 230 cm³/mol. The molecule has 9 rings (SSSR count). The molecule has 3 aliphatic heterocycles. The van der Waals surface area contributed by atoms with Gasteiger partial charge in [-0.05, 0) is 85.5 Å². The van der Waals surface area contributed by atoms with E-state index in [1.54, 1.807) is 30.5 Å². The van der Waals surface area contributed by atoms with E-state index in [2.05, 4.69) is 48.2 Å². The molecule has 5 heterocycles. The summed E-state index contributed by atoms with van der Waals surface area (Å²) in [5, 5.41) is 16.0. The number of pyridine rings is 1. The fourth-order valence-corrected chi connectivity index (χ4v) is 9.96. The maximum absolute atomic E-state index is 14.0. The maximum Gasteiger partial charge on any atom is 0.293 e. The first-order chi connectivity index (χ1) is 29.6. The highest BCUT2D eigenvalue weighted by molar-refractivity contribution is 7.92. The predicted octanol–water partition coefficient (Wildman–Crippen LogP) is 6.24. The number of nitrogens with one attached hydrogen (secondary N) is 2. The van der Waals surface area contributed by atoms with Gasteiger partial charge in [-0.2, -0.15) is 0 Å². The molecule has 61 heavy (non-hydrogen) atoms. The number of carbonyl (C=O) groups excluding carboxylic acids is 2. The van der Waals surface area contributed by atoms with Crippen molar-refractivity contribution in [3.63, 3.8) is 0 Å². The number of hydrogen-bond acceptors (Lipinski definition) is 12. The number of piperazine rings is 1. The number of nitro benzene ring substituents is 1. The Bertz CT molecular complexity index is 2560. The van der Waals surface area contributed by atoms with Gasteiger partial charge >= 0.3 is 0 Å². The van der Waals surface area contributed by atoms with E-state index in [1.807, 2.05) is 12.1 Å². The smallest absolute Gasteiger partial charge is 0.293 e. The van der Waals surface area contributed by atoms with E-state index in [9.17, 15) is 28.1 Å². The van der Waals surface area contributed by atoms with Gasteiger partial charge in [0, 0.05) is 100 Å². The first-order valence-electron chi connectivity index (χ1n) is 21.0. The van der Waals surface area contributed by atoms with Crippen LogP contribution in [-0.2, 0) is 32.3 Å². The van der Waals surface area contributed by atoms with Crippen LogP contribution in [0.1, 0.15) is 47.2 Å². The summed E-state index contributed by atoms with van der Waals surface area (Å²) in [6.45, 7) is 6.10. The fraction of sp³-hybridized carbons (Fsp3) is 0.400. The molecular formula is C45H49N7O8S. The van der Waals surface area contributed by atoms with Crippen molar-refractivity contribution in [1.29, 1.82) is 0 Å². The van der Waals surface area contributed by atoms with Gasteiger partial charge in [-0.25, -0.2) is 13.4 Å². The molecule has 2 aromatic heterocycles. The number of anilines is 2. The summed E-state index contributed by atoms with van der Waals surface area (Å²) in [4.78, 5) is 52.8. The quantitative estimate of drug-likeness (QED) is 0.0731. The van der Waals surface area contributed by atoms with Crippen molar-refractivity contribution in [1.82, 2.24) is 19.8 Å². The Labute approximate surface area is 354 Å². The van der Waals surface area contributed by atoms with Crippen LogP contribution >= 0.6 is 0 Å². The molecule has 1 saturated carbocycles. The minimum absolute atomic E-state index is 0.0578. The number of aromatic amines is 1. The van der Waals surface area contributed by atoms with Crippen LogP contribution in [0.5, 0.6) is 11.5 Å². The van der Waals surface area contributed by atoms with Crippen molar-refractivity contribution in [2.75, 3.05) is 68.5 Å². The molecule has 0 bridgehead atoms. The highest BCUT2D eigenvalue weighted by Crippen LogP contribution is 2.36. The van der Waals surface area contributed by atoms with Crippen LogP contribution in [0.25, 0.3) is 11.0 Å². The lowest BCUT2D eigenvalue weighted by Gasteiger charge is -2.42. The Hall–Kier alpha value is -5.84. The Kier molecular flexibility index (Phi) is 11.5. The normalized spacial score (nSPS) is 18.8. The zero-order valence-corrected chi connectivity index (χ0v) is 34.6. The molecule has 15 nitrogen and oxygen atoms in total. The molecule has 4 aliphatic rings. The molecule has 318 valence electrons. The SMILES string of the molecule is O=C(CS(=O)(=O)c1ccc(NCC2CCOCC2)c([N+](=O)[O-])c1)c1ccc(N2CCN(C[C@H]3Cc4ccccc4CN3C(=O)C3CC3)CC2)cc1Oc1cnc2[nH]ccc2c1. The number of aromatic nitrogens is 2. The van der Waals surface area contributed by atoms with Gasteiger partial charge in [0.2, 0.25) is 5.91 Å². The van der Waals surface area contributed by atoms with Gasteiger partial charge in [-0.1, -0.05) is 24.3 Å². The summed E-state index contributed by atoms with van der Waals surface area (Å²) >= 11 is 0. The number of rotatable bonds is 14. The second-order valence-corrected chi connectivity index (χ2v) is 18.6. The van der Waals surface area contributed by atoms with E-state index in [0.717, 1.165) is 68.9 Å². The molecular weight excluding hydrogens is 799 g/mol. The number of carbonyl (C=O) groups is 2. The summed E-state index contributed by atoms with van der Waals surface area (Å²) in [6.07, 6.45) is 7.73. The van der Waals surface area contributed by atoms with Crippen LogP contribution in [0, 0.1) is 22.0 Å². The van der Waals surface area contributed by atoms with Crippen molar-refractivity contribution >= 4 is 49.6 Å². The molecule has 0 unspecified atom stereocenters. The van der Waals surface area contributed by atoms with Crippen LogP contribution in [0.15, 0.2) is 90.1 Å². The van der Waals surface area contributed by atoms with Gasteiger partial charge in [-0.15, -0.1) is 0 Å². The molecule has 5 aromatic rings. The third-order valence-corrected chi connectivity index (χ3v) is 14.0. The Balaban J connectivity index is 0.916. The van der Waals surface area contributed by atoms with E-state index < -0.39 is 26.3 Å². The molecule has 2 N–H and O–H groups in total. The Morgan fingerprint density at radius 2 is 1.74 bits per heavy atom. The molecule has 1 amide bonds. The van der Waals surface area contributed by atoms with Gasteiger partial charge in [0.15, 0.2) is 15.6 Å². The summed E-state index contributed by atoms with van der Waals surface area (Å²) in [7, 11) is -4.31. The molecule has 0 spiro atoms. The van der Waals surface area contributed by atoms with Gasteiger partial charge in [-0.3, -0.25) is 24.6 Å². The standard InChI is InChI=1S/C45H49N7O8S/c53-42(29-61(57,58)38-8-10-40(41(24-38)52(55)56)47-25-30-12-19-59-20-13-30)39-9-7-35(23-43(39)60-37-22-33-11-14-46-44(33)48-26-37)50-17-15-49(16-18-50)28-36-21-32-3-1-2-4-34(32)27-51(36)45(54)31-5-6-31/h1-4,7-11,14,22-24,26,30-31,36,47H,5-6,12-13,15-21,25,27-29H2,(H,46,48)/t36-/m1/s1. The molecule has 1 atom stereocenters. The number of nitrogens with zero attached hydrogens (tertiary/aromatic N) is 5. The fourth-order valence-electron chi connectivity index (χ4n) is 8.73.